The number of hydrogen-bond acceptors (Lipinski definition) is 6. The molecule has 3 aromatic carbocycles. The van der Waals surface area contributed by atoms with Gasteiger partial charge in [-0.1, -0.05) is 24.3 Å². The molecule has 0 aliphatic carbocycles. The number of unbranched alkanes of at least 4 members (excludes halogenated alkanes) is 1. The van der Waals surface area contributed by atoms with E-state index in [-0.39, 0.29) is 17.5 Å². The molecule has 0 spiro atoms. The van der Waals surface area contributed by atoms with E-state index < -0.39 is 6.10 Å². The fourth-order valence-corrected chi connectivity index (χ4v) is 4.86. The van der Waals surface area contributed by atoms with Crippen LogP contribution in [0.2, 0.25) is 0 Å². The van der Waals surface area contributed by atoms with E-state index in [1.54, 1.807) is 36.4 Å². The molecule has 9 heteroatoms. The minimum Gasteiger partial charge on any atom is -0.493 e. The first kappa shape index (κ1) is 29.3. The van der Waals surface area contributed by atoms with Crippen molar-refractivity contribution >= 4 is 5.91 Å². The molecule has 1 saturated heterocycles. The number of methoxy groups -OCH3 is 3. The van der Waals surface area contributed by atoms with Crippen LogP contribution < -0.4 is 14.2 Å². The van der Waals surface area contributed by atoms with Gasteiger partial charge in [0.25, 0.3) is 5.91 Å². The highest BCUT2D eigenvalue weighted by Gasteiger charge is 2.25. The van der Waals surface area contributed by atoms with Crippen molar-refractivity contribution < 1.29 is 32.5 Å². The van der Waals surface area contributed by atoms with Crippen LogP contribution in [0.5, 0.6) is 17.2 Å². The molecule has 0 bridgehead atoms. The van der Waals surface area contributed by atoms with Crippen LogP contribution in [0.3, 0.4) is 0 Å². The van der Waals surface area contributed by atoms with Crippen molar-refractivity contribution in [3.8, 4) is 17.2 Å². The molecule has 0 N–H and O–H groups in total. The second-order valence-electron chi connectivity index (χ2n) is 9.61. The molecule has 0 unspecified atom stereocenters. The van der Waals surface area contributed by atoms with Crippen molar-refractivity contribution in [1.82, 2.24) is 9.80 Å². The number of ether oxygens (including phenoxy) is 4. The lowest BCUT2D eigenvalue weighted by atomic mass is 10.0. The predicted octanol–water partition coefficient (Wildman–Crippen LogP) is 5.33. The summed E-state index contributed by atoms with van der Waals surface area (Å²) in [7, 11) is 4.59. The Hall–Kier alpha value is -3.69. The van der Waals surface area contributed by atoms with Crippen LogP contribution in [0.15, 0.2) is 60.7 Å². The van der Waals surface area contributed by atoms with Gasteiger partial charge in [0.1, 0.15) is 17.7 Å². The maximum Gasteiger partial charge on any atom is 0.254 e. The Morgan fingerprint density at radius 3 is 1.77 bits per heavy atom. The van der Waals surface area contributed by atoms with E-state index in [1.165, 1.54) is 45.6 Å². The van der Waals surface area contributed by atoms with Crippen LogP contribution in [0.4, 0.5) is 8.78 Å². The Kier molecular flexibility index (Phi) is 10.3. The van der Waals surface area contributed by atoms with Crippen molar-refractivity contribution in [2.75, 3.05) is 60.7 Å². The summed E-state index contributed by atoms with van der Waals surface area (Å²) in [5.74, 6) is 0.662. The number of piperazine rings is 1. The number of nitrogens with zero attached hydrogens (tertiary/aromatic N) is 2. The first-order chi connectivity index (χ1) is 19.4. The first-order valence-corrected chi connectivity index (χ1v) is 13.4. The maximum atomic E-state index is 13.4. The van der Waals surface area contributed by atoms with Gasteiger partial charge in [-0.3, -0.25) is 9.69 Å². The number of benzene rings is 3. The van der Waals surface area contributed by atoms with Gasteiger partial charge in [0, 0.05) is 38.3 Å². The Balaban J connectivity index is 1.25. The second kappa shape index (κ2) is 14.1. The van der Waals surface area contributed by atoms with Gasteiger partial charge < -0.3 is 23.8 Å². The topological polar surface area (TPSA) is 60.5 Å². The van der Waals surface area contributed by atoms with Crippen molar-refractivity contribution in [2.24, 2.45) is 0 Å². The molecular formula is C31H36F2N2O5. The molecule has 0 aromatic heterocycles. The highest BCUT2D eigenvalue weighted by molar-refractivity contribution is 5.95. The number of carbonyl (C=O) groups excluding carboxylic acids is 1. The van der Waals surface area contributed by atoms with Gasteiger partial charge >= 0.3 is 0 Å². The zero-order chi connectivity index (χ0) is 28.5. The van der Waals surface area contributed by atoms with Gasteiger partial charge in [0.05, 0.1) is 21.3 Å². The Labute approximate surface area is 234 Å². The molecular weight excluding hydrogens is 518 g/mol. The van der Waals surface area contributed by atoms with Gasteiger partial charge in [-0.15, -0.1) is 0 Å². The Morgan fingerprint density at radius 2 is 1.30 bits per heavy atom. The molecule has 214 valence electrons. The summed E-state index contributed by atoms with van der Waals surface area (Å²) in [6, 6.07) is 15.8. The molecule has 1 aliphatic heterocycles. The van der Waals surface area contributed by atoms with Crippen molar-refractivity contribution in [3.05, 3.63) is 89.0 Å². The lowest BCUT2D eigenvalue weighted by Crippen LogP contribution is -2.48. The van der Waals surface area contributed by atoms with Gasteiger partial charge in [0.2, 0.25) is 5.75 Å². The molecule has 7 nitrogen and oxygen atoms in total. The monoisotopic (exact) mass is 554 g/mol. The summed E-state index contributed by atoms with van der Waals surface area (Å²) in [5, 5.41) is 0. The minimum absolute atomic E-state index is 0.0695. The zero-order valence-corrected chi connectivity index (χ0v) is 23.2. The quantitative estimate of drug-likeness (QED) is 0.282. The molecule has 4 rings (SSSR count). The summed E-state index contributed by atoms with van der Waals surface area (Å²) < 4.78 is 49.2. The van der Waals surface area contributed by atoms with Crippen molar-refractivity contribution in [2.45, 2.75) is 18.9 Å². The molecule has 3 aromatic rings. The van der Waals surface area contributed by atoms with Crippen molar-refractivity contribution in [3.63, 3.8) is 0 Å². The van der Waals surface area contributed by atoms with Crippen LogP contribution in [0.1, 0.15) is 40.4 Å². The number of halogens is 2. The summed E-state index contributed by atoms with van der Waals surface area (Å²) in [5.41, 5.74) is 2.14. The van der Waals surface area contributed by atoms with E-state index in [1.807, 2.05) is 4.90 Å². The molecule has 40 heavy (non-hydrogen) atoms. The summed E-state index contributed by atoms with van der Waals surface area (Å²) in [6.45, 7) is 4.23. The van der Waals surface area contributed by atoms with Gasteiger partial charge in [-0.25, -0.2) is 8.78 Å². The molecule has 1 heterocycles. The highest BCUT2D eigenvalue weighted by Crippen LogP contribution is 2.38. The molecule has 0 saturated carbocycles. The molecule has 0 atom stereocenters. The first-order valence-electron chi connectivity index (χ1n) is 13.4. The average Bonchev–Trinajstić information content (AvgIpc) is 2.99. The Bertz CT molecular complexity index is 1180. The van der Waals surface area contributed by atoms with E-state index in [4.69, 9.17) is 18.9 Å². The number of hydrogen-bond donors (Lipinski definition) is 0. The lowest BCUT2D eigenvalue weighted by molar-refractivity contribution is 0.0609. The van der Waals surface area contributed by atoms with Gasteiger partial charge in [0.15, 0.2) is 11.5 Å². The molecule has 1 fully saturated rings. The van der Waals surface area contributed by atoms with Gasteiger partial charge in [-0.05, 0) is 66.9 Å². The SMILES string of the molecule is COc1cc(C(=O)N2CCN(CCCCOC(c3ccc(F)cc3)c3ccc(F)cc3)CC2)cc(OC)c1OC. The molecule has 0 radical (unpaired) electrons. The summed E-state index contributed by atoms with van der Waals surface area (Å²) in [4.78, 5) is 17.4. The minimum atomic E-state index is -0.397. The van der Waals surface area contributed by atoms with E-state index in [2.05, 4.69) is 4.90 Å². The van der Waals surface area contributed by atoms with E-state index in [9.17, 15) is 13.6 Å². The fourth-order valence-electron chi connectivity index (χ4n) is 4.86. The third-order valence-corrected chi connectivity index (χ3v) is 7.07. The summed E-state index contributed by atoms with van der Waals surface area (Å²) in [6.07, 6.45) is 1.37. The van der Waals surface area contributed by atoms with Gasteiger partial charge in [-0.2, -0.15) is 0 Å². The molecule has 1 amide bonds. The fraction of sp³-hybridized carbons (Fsp3) is 0.387. The highest BCUT2D eigenvalue weighted by atomic mass is 19.1. The second-order valence-corrected chi connectivity index (χ2v) is 9.61. The lowest BCUT2D eigenvalue weighted by Gasteiger charge is -2.35. The standard InChI is InChI=1S/C31H36F2N2O5/c1-37-27-20-24(21-28(38-2)30(27)39-3)31(36)35-17-15-34(16-18-35)14-4-5-19-40-29(22-6-10-25(32)11-7-22)23-8-12-26(33)13-9-23/h6-13,20-21,29H,4-5,14-19H2,1-3H3. The maximum absolute atomic E-state index is 13.4. The largest absolute Gasteiger partial charge is 0.493 e. The zero-order valence-electron chi connectivity index (χ0n) is 23.2. The number of carbonyl (C=O) groups is 1. The van der Waals surface area contributed by atoms with E-state index in [0.717, 1.165) is 43.6 Å². The van der Waals surface area contributed by atoms with Crippen LogP contribution in [0.25, 0.3) is 0 Å². The van der Waals surface area contributed by atoms with E-state index >= 15 is 0 Å². The number of rotatable bonds is 12. The van der Waals surface area contributed by atoms with Crippen LogP contribution >= 0.6 is 0 Å². The Morgan fingerprint density at radius 1 is 0.775 bits per heavy atom. The number of amides is 1. The summed E-state index contributed by atoms with van der Waals surface area (Å²) >= 11 is 0. The normalized spacial score (nSPS) is 13.9. The molecule has 1 aliphatic rings. The van der Waals surface area contributed by atoms with Crippen LogP contribution in [0, 0.1) is 11.6 Å². The third kappa shape index (κ3) is 7.28. The van der Waals surface area contributed by atoms with Crippen LogP contribution in [-0.2, 0) is 4.74 Å². The predicted molar refractivity (Wildman–Crippen MR) is 148 cm³/mol. The third-order valence-electron chi connectivity index (χ3n) is 7.07. The average molecular weight is 555 g/mol. The smallest absolute Gasteiger partial charge is 0.254 e. The van der Waals surface area contributed by atoms with Crippen LogP contribution in [-0.4, -0.2) is 76.4 Å². The van der Waals surface area contributed by atoms with E-state index in [0.29, 0.717) is 42.5 Å². The van der Waals surface area contributed by atoms with Crippen molar-refractivity contribution in [1.29, 1.82) is 0 Å².